The molecule has 0 amide bonds. The van der Waals surface area contributed by atoms with E-state index in [0.717, 1.165) is 0 Å². The van der Waals surface area contributed by atoms with Crippen LogP contribution in [-0.2, 0) is 0 Å². The molecule has 0 radical (unpaired) electrons. The summed E-state index contributed by atoms with van der Waals surface area (Å²) in [7, 11) is 0. The molecule has 0 unspecified atom stereocenters. The molecule has 0 spiro atoms. The van der Waals surface area contributed by atoms with Gasteiger partial charge in [0.15, 0.2) is 0 Å². The van der Waals surface area contributed by atoms with Crippen molar-refractivity contribution in [2.45, 2.75) is 6.92 Å². The number of rotatable bonds is 5. The van der Waals surface area contributed by atoms with E-state index < -0.39 is 5.97 Å². The van der Waals surface area contributed by atoms with Crippen LogP contribution >= 0.6 is 0 Å². The average molecular weight is 284 g/mol. The Morgan fingerprint density at radius 3 is 2.57 bits per heavy atom. The first kappa shape index (κ1) is 14.6. The van der Waals surface area contributed by atoms with E-state index in [9.17, 15) is 9.90 Å². The number of ether oxygens (including phenoxy) is 1. The molecule has 1 N–H and O–H groups in total. The van der Waals surface area contributed by atoms with Crippen molar-refractivity contribution in [1.82, 2.24) is 0 Å². The number of carboxylic acid groups (broad SMARTS) is 1. The third kappa shape index (κ3) is 3.82. The molecule has 108 valence electrons. The van der Waals surface area contributed by atoms with Gasteiger partial charge in [0.1, 0.15) is 5.75 Å². The Kier molecular flexibility index (Phi) is 4.56. The first-order chi connectivity index (χ1) is 10.1. The number of carbonyl (C=O) groups is 1. The normalized spacial score (nSPS) is 10.7. The Hall–Kier alpha value is -2.82. The van der Waals surface area contributed by atoms with E-state index in [1.54, 1.807) is 24.3 Å². The highest BCUT2D eigenvalue weighted by molar-refractivity contribution is 5.88. The Morgan fingerprint density at radius 1 is 1.29 bits per heavy atom. The largest absolute Gasteiger partial charge is 0.872 e. The molecule has 0 saturated carbocycles. The van der Waals surface area contributed by atoms with Gasteiger partial charge >= 0.3 is 5.97 Å². The summed E-state index contributed by atoms with van der Waals surface area (Å²) in [4.78, 5) is 14.9. The van der Waals surface area contributed by atoms with E-state index in [1.165, 1.54) is 24.4 Å². The fourth-order valence-corrected chi connectivity index (χ4v) is 1.71. The molecule has 21 heavy (non-hydrogen) atoms. The maximum atomic E-state index is 11.8. The molecular formula is C16H14NO4-. The van der Waals surface area contributed by atoms with Crippen LogP contribution in [-0.4, -0.2) is 23.9 Å². The summed E-state index contributed by atoms with van der Waals surface area (Å²) in [6, 6.07) is 10.9. The van der Waals surface area contributed by atoms with Gasteiger partial charge in [-0.15, -0.1) is 0 Å². The Labute approximate surface area is 122 Å². The van der Waals surface area contributed by atoms with E-state index in [-0.39, 0.29) is 11.3 Å². The molecular weight excluding hydrogens is 270 g/mol. The van der Waals surface area contributed by atoms with Gasteiger partial charge in [-0.25, -0.2) is 4.79 Å². The number of aromatic carboxylic acids is 1. The summed E-state index contributed by atoms with van der Waals surface area (Å²) < 4.78 is 5.24. The lowest BCUT2D eigenvalue weighted by molar-refractivity contribution is -0.268. The molecule has 5 heteroatoms. The predicted octanol–water partition coefficient (Wildman–Crippen LogP) is 2.61. The number of carboxylic acids is 1. The van der Waals surface area contributed by atoms with Gasteiger partial charge in [-0.05, 0) is 48.9 Å². The maximum Gasteiger partial charge on any atom is 0.335 e. The zero-order valence-electron chi connectivity index (χ0n) is 11.4. The van der Waals surface area contributed by atoms with Gasteiger partial charge in [-0.2, -0.15) is 0 Å². The quantitative estimate of drug-likeness (QED) is 0.855. The van der Waals surface area contributed by atoms with Gasteiger partial charge in [0.2, 0.25) is 0 Å². The number of nitrogens with zero attached hydrogens (tertiary/aromatic N) is 1. The van der Waals surface area contributed by atoms with Crippen molar-refractivity contribution in [2.75, 3.05) is 6.61 Å². The second-order valence-electron chi connectivity index (χ2n) is 4.24. The van der Waals surface area contributed by atoms with Crippen LogP contribution in [0.2, 0.25) is 0 Å². The minimum atomic E-state index is -0.987. The molecule has 0 bridgehead atoms. The van der Waals surface area contributed by atoms with Crippen LogP contribution < -0.4 is 9.84 Å². The van der Waals surface area contributed by atoms with E-state index in [4.69, 9.17) is 9.84 Å². The topological polar surface area (TPSA) is 82.0 Å². The number of hydrogen-bond acceptors (Lipinski definition) is 4. The van der Waals surface area contributed by atoms with Crippen LogP contribution in [0.15, 0.2) is 47.5 Å². The van der Waals surface area contributed by atoms with Gasteiger partial charge in [-0.3, -0.25) is 4.99 Å². The lowest BCUT2D eigenvalue weighted by atomic mass is 10.2. The highest BCUT2D eigenvalue weighted by atomic mass is 16.5. The van der Waals surface area contributed by atoms with Crippen molar-refractivity contribution in [3.8, 4) is 11.5 Å². The predicted molar refractivity (Wildman–Crippen MR) is 77.7 cm³/mol. The Balaban J connectivity index is 2.15. The van der Waals surface area contributed by atoms with E-state index in [2.05, 4.69) is 4.99 Å². The lowest BCUT2D eigenvalue weighted by Crippen LogP contribution is -1.98. The summed E-state index contributed by atoms with van der Waals surface area (Å²) in [5.74, 6) is -0.629. The van der Waals surface area contributed by atoms with Crippen molar-refractivity contribution < 1.29 is 19.7 Å². The summed E-state index contributed by atoms with van der Waals surface area (Å²) in [5, 5.41) is 20.6. The van der Waals surface area contributed by atoms with E-state index >= 15 is 0 Å². The lowest BCUT2D eigenvalue weighted by Gasteiger charge is -2.12. The van der Waals surface area contributed by atoms with Crippen LogP contribution in [0.4, 0.5) is 5.69 Å². The molecule has 0 saturated heterocycles. The third-order valence-electron chi connectivity index (χ3n) is 2.76. The molecule has 0 aliphatic rings. The van der Waals surface area contributed by atoms with Gasteiger partial charge in [-0.1, -0.05) is 11.8 Å². The van der Waals surface area contributed by atoms with E-state index in [0.29, 0.717) is 23.6 Å². The number of aliphatic imine (C=N–C) groups is 1. The van der Waals surface area contributed by atoms with Crippen molar-refractivity contribution in [2.24, 2.45) is 4.99 Å². The number of benzene rings is 2. The average Bonchev–Trinajstić information content (AvgIpc) is 2.47. The van der Waals surface area contributed by atoms with Crippen LogP contribution in [0.25, 0.3) is 0 Å². The van der Waals surface area contributed by atoms with Crippen LogP contribution in [0.1, 0.15) is 22.8 Å². The maximum absolute atomic E-state index is 11.8. The van der Waals surface area contributed by atoms with Crippen LogP contribution in [0, 0.1) is 0 Å². The van der Waals surface area contributed by atoms with Crippen LogP contribution in [0.5, 0.6) is 11.5 Å². The van der Waals surface area contributed by atoms with Gasteiger partial charge in [0.25, 0.3) is 0 Å². The SMILES string of the molecule is CCOc1ccc(C=Nc2ccc(C(=O)O)cc2)c([O-])c1. The fourth-order valence-electron chi connectivity index (χ4n) is 1.71. The molecule has 5 nitrogen and oxygen atoms in total. The summed E-state index contributed by atoms with van der Waals surface area (Å²) in [5.41, 5.74) is 1.22. The molecule has 0 aromatic heterocycles. The van der Waals surface area contributed by atoms with Crippen molar-refractivity contribution in [1.29, 1.82) is 0 Å². The fraction of sp³-hybridized carbons (Fsp3) is 0.125. The summed E-state index contributed by atoms with van der Waals surface area (Å²) in [6.45, 7) is 2.35. The summed E-state index contributed by atoms with van der Waals surface area (Å²) >= 11 is 0. The van der Waals surface area contributed by atoms with Crippen molar-refractivity contribution >= 4 is 17.9 Å². The first-order valence-electron chi connectivity index (χ1n) is 6.41. The van der Waals surface area contributed by atoms with E-state index in [1.807, 2.05) is 6.92 Å². The molecule has 0 fully saturated rings. The second-order valence-corrected chi connectivity index (χ2v) is 4.24. The molecule has 2 rings (SSSR count). The molecule has 0 aliphatic carbocycles. The van der Waals surface area contributed by atoms with Crippen molar-refractivity contribution in [3.05, 3.63) is 53.6 Å². The Bertz CT molecular complexity index is 662. The van der Waals surface area contributed by atoms with Gasteiger partial charge in [0, 0.05) is 6.21 Å². The zero-order valence-corrected chi connectivity index (χ0v) is 11.4. The van der Waals surface area contributed by atoms with Crippen LogP contribution in [0.3, 0.4) is 0 Å². The minimum absolute atomic E-state index is 0.174. The first-order valence-corrected chi connectivity index (χ1v) is 6.41. The molecule has 2 aromatic carbocycles. The van der Waals surface area contributed by atoms with Gasteiger partial charge in [0.05, 0.1) is 17.9 Å². The van der Waals surface area contributed by atoms with Crippen molar-refractivity contribution in [3.63, 3.8) is 0 Å². The van der Waals surface area contributed by atoms with Gasteiger partial charge < -0.3 is 14.9 Å². The monoisotopic (exact) mass is 284 g/mol. The molecule has 0 heterocycles. The number of hydrogen-bond donors (Lipinski definition) is 1. The molecule has 2 aromatic rings. The molecule has 0 atom stereocenters. The third-order valence-corrected chi connectivity index (χ3v) is 2.76. The highest BCUT2D eigenvalue weighted by Crippen LogP contribution is 2.21. The molecule has 0 aliphatic heterocycles. The second kappa shape index (κ2) is 6.56. The smallest absolute Gasteiger partial charge is 0.335 e. The summed E-state index contributed by atoms with van der Waals surface area (Å²) in [6.07, 6.45) is 1.45. The minimum Gasteiger partial charge on any atom is -0.872 e. The standard InChI is InChI=1S/C16H15NO4/c1-2-21-14-8-5-12(15(18)9-14)10-17-13-6-3-11(4-7-13)16(19)20/h3-10,18H,2H2,1H3,(H,19,20)/p-1. The highest BCUT2D eigenvalue weighted by Gasteiger charge is 2.00. The Morgan fingerprint density at radius 2 is 2.00 bits per heavy atom. The zero-order chi connectivity index (χ0) is 15.2.